The quantitative estimate of drug-likeness (QED) is 0.792. The summed E-state index contributed by atoms with van der Waals surface area (Å²) >= 11 is 0. The number of nitrogens with zero attached hydrogens (tertiary/aromatic N) is 2. The van der Waals surface area contributed by atoms with Crippen molar-refractivity contribution in [2.24, 2.45) is 17.8 Å². The van der Waals surface area contributed by atoms with Crippen molar-refractivity contribution in [3.8, 4) is 0 Å². The van der Waals surface area contributed by atoms with E-state index in [2.05, 4.69) is 55.2 Å². The Bertz CT molecular complexity index is 380. The molecule has 4 nitrogen and oxygen atoms in total. The Morgan fingerprint density at radius 2 is 1.63 bits per heavy atom. The van der Waals surface area contributed by atoms with Gasteiger partial charge in [-0.25, -0.2) is 9.97 Å². The van der Waals surface area contributed by atoms with Crippen molar-refractivity contribution < 1.29 is 0 Å². The highest BCUT2D eigenvalue weighted by Gasteiger charge is 2.18. The smallest absolute Gasteiger partial charge is 0.134 e. The Balaban J connectivity index is 2.82. The van der Waals surface area contributed by atoms with Crippen LogP contribution >= 0.6 is 0 Å². The van der Waals surface area contributed by atoms with Crippen molar-refractivity contribution in [3.05, 3.63) is 11.9 Å². The summed E-state index contributed by atoms with van der Waals surface area (Å²) in [6, 6.07) is 0. The van der Waals surface area contributed by atoms with Crippen LogP contribution in [-0.2, 0) is 6.42 Å². The molecule has 0 fully saturated rings. The molecule has 0 saturated carbocycles. The molecule has 0 atom stereocenters. The first-order valence-electron chi connectivity index (χ1n) is 7.26. The zero-order chi connectivity index (χ0) is 14.4. The molecule has 4 heteroatoms. The summed E-state index contributed by atoms with van der Waals surface area (Å²) in [5.41, 5.74) is 1.16. The van der Waals surface area contributed by atoms with Gasteiger partial charge >= 0.3 is 0 Å². The van der Waals surface area contributed by atoms with Gasteiger partial charge in [-0.2, -0.15) is 0 Å². The molecule has 1 aromatic rings. The Morgan fingerprint density at radius 3 is 2.11 bits per heavy atom. The summed E-state index contributed by atoms with van der Waals surface area (Å²) in [5.74, 6) is 3.88. The maximum atomic E-state index is 4.39. The minimum absolute atomic E-state index is 0.651. The molecule has 0 amide bonds. The van der Waals surface area contributed by atoms with Crippen LogP contribution in [0.3, 0.4) is 0 Å². The summed E-state index contributed by atoms with van der Waals surface area (Å²) in [4.78, 5) is 8.65. The van der Waals surface area contributed by atoms with E-state index >= 15 is 0 Å². The molecular weight excluding hydrogens is 236 g/mol. The highest BCUT2D eigenvalue weighted by molar-refractivity contribution is 5.57. The Labute approximate surface area is 117 Å². The second-order valence-electron chi connectivity index (χ2n) is 5.69. The number of nitrogens with one attached hydrogen (secondary N) is 2. The van der Waals surface area contributed by atoms with Gasteiger partial charge in [0.15, 0.2) is 0 Å². The van der Waals surface area contributed by atoms with E-state index in [1.54, 1.807) is 6.33 Å². The zero-order valence-corrected chi connectivity index (χ0v) is 13.1. The highest BCUT2D eigenvalue weighted by Crippen LogP contribution is 2.24. The number of anilines is 2. The number of hydrogen-bond acceptors (Lipinski definition) is 4. The summed E-state index contributed by atoms with van der Waals surface area (Å²) < 4.78 is 0. The fourth-order valence-electron chi connectivity index (χ4n) is 2.57. The van der Waals surface area contributed by atoms with Gasteiger partial charge in [0, 0.05) is 19.2 Å². The van der Waals surface area contributed by atoms with Crippen LogP contribution in [0.1, 0.15) is 40.2 Å². The average molecular weight is 264 g/mol. The van der Waals surface area contributed by atoms with Crippen LogP contribution in [0.25, 0.3) is 0 Å². The molecule has 1 heterocycles. The Kier molecular flexibility index (Phi) is 6.06. The fourth-order valence-corrected chi connectivity index (χ4v) is 2.57. The normalized spacial score (nSPS) is 11.4. The summed E-state index contributed by atoms with van der Waals surface area (Å²) in [6.45, 7) is 12.2. The maximum Gasteiger partial charge on any atom is 0.134 e. The monoisotopic (exact) mass is 264 g/mol. The van der Waals surface area contributed by atoms with Gasteiger partial charge in [0.25, 0.3) is 0 Å². The van der Waals surface area contributed by atoms with Gasteiger partial charge in [0.2, 0.25) is 0 Å². The van der Waals surface area contributed by atoms with Crippen molar-refractivity contribution in [1.29, 1.82) is 0 Å². The average Bonchev–Trinajstić information content (AvgIpc) is 2.37. The fraction of sp³-hybridized carbons (Fsp3) is 0.733. The molecule has 0 bridgehead atoms. The van der Waals surface area contributed by atoms with E-state index < -0.39 is 0 Å². The number of rotatable bonds is 7. The van der Waals surface area contributed by atoms with Crippen molar-refractivity contribution in [2.75, 3.05) is 24.2 Å². The lowest BCUT2D eigenvalue weighted by Crippen LogP contribution is -2.25. The molecule has 1 aromatic heterocycles. The molecule has 19 heavy (non-hydrogen) atoms. The van der Waals surface area contributed by atoms with Gasteiger partial charge in [-0.3, -0.25) is 0 Å². The van der Waals surface area contributed by atoms with Crippen molar-refractivity contribution in [2.45, 2.75) is 41.0 Å². The zero-order valence-electron chi connectivity index (χ0n) is 13.1. The topological polar surface area (TPSA) is 49.8 Å². The van der Waals surface area contributed by atoms with E-state index in [1.165, 1.54) is 0 Å². The first-order valence-corrected chi connectivity index (χ1v) is 7.26. The summed E-state index contributed by atoms with van der Waals surface area (Å²) in [6.07, 6.45) is 2.54. The third-order valence-electron chi connectivity index (χ3n) is 3.75. The molecular formula is C15H28N4. The predicted molar refractivity (Wildman–Crippen MR) is 82.6 cm³/mol. The van der Waals surface area contributed by atoms with Crippen LogP contribution in [-0.4, -0.2) is 23.6 Å². The van der Waals surface area contributed by atoms with Crippen LogP contribution in [0.15, 0.2) is 6.33 Å². The second kappa shape index (κ2) is 7.31. The first-order chi connectivity index (χ1) is 9.01. The molecule has 0 radical (unpaired) electrons. The minimum Gasteiger partial charge on any atom is -0.373 e. The number of hydrogen-bond donors (Lipinski definition) is 2. The van der Waals surface area contributed by atoms with Crippen LogP contribution in [0.2, 0.25) is 0 Å². The largest absolute Gasteiger partial charge is 0.373 e. The third kappa shape index (κ3) is 4.08. The molecule has 2 N–H and O–H groups in total. The molecule has 1 rings (SSSR count). The predicted octanol–water partition coefficient (Wildman–Crippen LogP) is 3.42. The molecule has 0 aliphatic heterocycles. The van der Waals surface area contributed by atoms with Gasteiger partial charge < -0.3 is 10.6 Å². The standard InChI is InChI=1S/C15H28N4/c1-7-12-14(16-6)18-9-19-15(12)17-8-13(10(2)3)11(4)5/h9-11,13H,7-8H2,1-6H3,(H2,16,17,18,19). The lowest BCUT2D eigenvalue weighted by Gasteiger charge is -2.26. The second-order valence-corrected chi connectivity index (χ2v) is 5.69. The van der Waals surface area contributed by atoms with Crippen LogP contribution in [0.5, 0.6) is 0 Å². The van der Waals surface area contributed by atoms with Gasteiger partial charge in [-0.05, 0) is 24.2 Å². The molecule has 0 aliphatic rings. The molecule has 0 spiro atoms. The van der Waals surface area contributed by atoms with Crippen molar-refractivity contribution in [3.63, 3.8) is 0 Å². The maximum absolute atomic E-state index is 4.39. The lowest BCUT2D eigenvalue weighted by molar-refractivity contribution is 0.304. The Morgan fingerprint density at radius 1 is 1.05 bits per heavy atom. The Hall–Kier alpha value is -1.32. The van der Waals surface area contributed by atoms with Crippen molar-refractivity contribution >= 4 is 11.6 Å². The first kappa shape index (κ1) is 15.7. The molecule has 0 aliphatic carbocycles. The summed E-state index contributed by atoms with van der Waals surface area (Å²) in [7, 11) is 1.90. The van der Waals surface area contributed by atoms with E-state index in [0.29, 0.717) is 17.8 Å². The van der Waals surface area contributed by atoms with E-state index in [-0.39, 0.29) is 0 Å². The molecule has 0 saturated heterocycles. The highest BCUT2D eigenvalue weighted by atomic mass is 15.1. The van der Waals surface area contributed by atoms with E-state index in [0.717, 1.165) is 30.2 Å². The van der Waals surface area contributed by atoms with Crippen LogP contribution in [0.4, 0.5) is 11.6 Å². The summed E-state index contributed by atoms with van der Waals surface area (Å²) in [5, 5.41) is 6.64. The third-order valence-corrected chi connectivity index (χ3v) is 3.75. The van der Waals surface area contributed by atoms with Gasteiger partial charge in [-0.15, -0.1) is 0 Å². The minimum atomic E-state index is 0.651. The van der Waals surface area contributed by atoms with Gasteiger partial charge in [0.05, 0.1) is 0 Å². The van der Waals surface area contributed by atoms with E-state index in [4.69, 9.17) is 0 Å². The van der Waals surface area contributed by atoms with E-state index in [9.17, 15) is 0 Å². The van der Waals surface area contributed by atoms with Gasteiger partial charge in [-0.1, -0.05) is 34.6 Å². The lowest BCUT2D eigenvalue weighted by atomic mass is 9.85. The molecule has 0 aromatic carbocycles. The number of aromatic nitrogens is 2. The van der Waals surface area contributed by atoms with Crippen molar-refractivity contribution in [1.82, 2.24) is 9.97 Å². The SMILES string of the molecule is CCc1c(NC)ncnc1NCC(C(C)C)C(C)C. The van der Waals surface area contributed by atoms with Crippen LogP contribution in [0, 0.1) is 17.8 Å². The van der Waals surface area contributed by atoms with E-state index in [1.807, 2.05) is 7.05 Å². The van der Waals surface area contributed by atoms with Crippen LogP contribution < -0.4 is 10.6 Å². The molecule has 108 valence electrons. The van der Waals surface area contributed by atoms with Gasteiger partial charge in [0.1, 0.15) is 18.0 Å². The molecule has 0 unspecified atom stereocenters.